The van der Waals surface area contributed by atoms with Gasteiger partial charge in [-0.15, -0.1) is 0 Å². The van der Waals surface area contributed by atoms with Gasteiger partial charge in [0.25, 0.3) is 0 Å². The van der Waals surface area contributed by atoms with Crippen LogP contribution < -0.4 is 0 Å². The molecule has 0 aromatic rings. The Balaban J connectivity index is 0. The molecule has 0 spiro atoms. The molecule has 1 heterocycles. The Morgan fingerprint density at radius 3 is 2.17 bits per heavy atom. The van der Waals surface area contributed by atoms with Crippen LogP contribution in [0.1, 0.15) is 54.4 Å². The van der Waals surface area contributed by atoms with Crippen LogP contribution in [0, 0.1) is 0 Å². The lowest BCUT2D eigenvalue weighted by Gasteiger charge is -2.32. The third-order valence-corrected chi connectivity index (χ3v) is 4.16. The second-order valence-corrected chi connectivity index (χ2v) is 5.33. The van der Waals surface area contributed by atoms with Crippen LogP contribution in [0.3, 0.4) is 0 Å². The van der Waals surface area contributed by atoms with Crippen LogP contribution >= 0.6 is 11.8 Å². The number of hydrogen-bond donors (Lipinski definition) is 0. The first kappa shape index (κ1) is 23.9. The molecule has 0 atom stereocenters. The van der Waals surface area contributed by atoms with Gasteiger partial charge in [0, 0.05) is 16.9 Å². The van der Waals surface area contributed by atoms with E-state index < -0.39 is 0 Å². The number of unbranched alkanes of at least 4 members (excludes halogenated alkanes) is 1. The van der Waals surface area contributed by atoms with E-state index in [0.29, 0.717) is 0 Å². The minimum Gasteiger partial charge on any atom is -0.343 e. The van der Waals surface area contributed by atoms with E-state index in [4.69, 9.17) is 0 Å². The molecule has 0 N–H and O–H groups in total. The van der Waals surface area contributed by atoms with Crippen LogP contribution in [-0.4, -0.2) is 11.9 Å². The van der Waals surface area contributed by atoms with Crippen LogP contribution in [0.15, 0.2) is 70.8 Å². The maximum atomic E-state index is 3.93. The largest absolute Gasteiger partial charge is 0.343 e. The summed E-state index contributed by atoms with van der Waals surface area (Å²) in [5.74, 6) is 0. The zero-order valence-electron chi connectivity index (χ0n) is 16.1. The second kappa shape index (κ2) is 15.5. The van der Waals surface area contributed by atoms with Crippen LogP contribution in [0.25, 0.3) is 0 Å². The number of rotatable bonds is 5. The summed E-state index contributed by atoms with van der Waals surface area (Å²) in [7, 11) is 2.09. The van der Waals surface area contributed by atoms with Crippen LogP contribution in [0.4, 0.5) is 0 Å². The van der Waals surface area contributed by atoms with Gasteiger partial charge in [0.2, 0.25) is 0 Å². The first-order valence-electron chi connectivity index (χ1n) is 8.63. The van der Waals surface area contributed by atoms with E-state index in [-0.39, 0.29) is 0 Å². The molecule has 0 radical (unpaired) electrons. The Bertz CT molecular complexity index is 464. The van der Waals surface area contributed by atoms with Crippen molar-refractivity contribution in [3.8, 4) is 0 Å². The molecule has 0 aromatic carbocycles. The van der Waals surface area contributed by atoms with Crippen LogP contribution in [-0.2, 0) is 0 Å². The van der Waals surface area contributed by atoms with Gasteiger partial charge >= 0.3 is 0 Å². The van der Waals surface area contributed by atoms with Crippen LogP contribution in [0.2, 0.25) is 0 Å². The molecule has 0 unspecified atom stereocenters. The van der Waals surface area contributed by atoms with E-state index in [9.17, 15) is 0 Å². The fourth-order valence-electron chi connectivity index (χ4n) is 1.90. The van der Waals surface area contributed by atoms with E-state index in [1.807, 2.05) is 39.8 Å². The quantitative estimate of drug-likeness (QED) is 0.514. The average Bonchev–Trinajstić information content (AvgIpc) is 2.61. The lowest BCUT2D eigenvalue weighted by atomic mass is 10.2. The molecule has 0 aromatic heterocycles. The lowest BCUT2D eigenvalue weighted by molar-refractivity contribution is 0.547. The number of allylic oxidation sites excluding steroid dienone is 6. The fourth-order valence-corrected chi connectivity index (χ4v) is 2.95. The number of nitrogens with zero attached hydrogens (tertiary/aromatic N) is 1. The van der Waals surface area contributed by atoms with Crippen molar-refractivity contribution >= 4 is 11.8 Å². The first-order chi connectivity index (χ1) is 11.2. The summed E-state index contributed by atoms with van der Waals surface area (Å²) in [5.41, 5.74) is 2.39. The van der Waals surface area contributed by atoms with Gasteiger partial charge in [0.15, 0.2) is 0 Å². The van der Waals surface area contributed by atoms with Gasteiger partial charge in [-0.2, -0.15) is 0 Å². The Hall–Kier alpha value is -1.41. The zero-order valence-corrected chi connectivity index (χ0v) is 17.0. The van der Waals surface area contributed by atoms with Crippen molar-refractivity contribution in [2.24, 2.45) is 0 Å². The van der Waals surface area contributed by atoms with Gasteiger partial charge in [-0.25, -0.2) is 0 Å². The minimum atomic E-state index is 1.10. The molecule has 1 aliphatic heterocycles. The van der Waals surface area contributed by atoms with E-state index in [0.717, 1.165) is 6.42 Å². The molecule has 0 amide bonds. The SMILES string of the molecule is C=C/C=C1\C(=C/C)SC(C=C)=C(/C=C\CCC)N1C.CC.CC. The highest BCUT2D eigenvalue weighted by Crippen LogP contribution is 2.42. The summed E-state index contributed by atoms with van der Waals surface area (Å²) in [5, 5.41) is 0. The highest BCUT2D eigenvalue weighted by atomic mass is 32.2. The average molecular weight is 334 g/mol. The lowest BCUT2D eigenvalue weighted by Crippen LogP contribution is -2.21. The monoisotopic (exact) mass is 333 g/mol. The van der Waals surface area contributed by atoms with Crippen LogP contribution in [0.5, 0.6) is 0 Å². The van der Waals surface area contributed by atoms with Gasteiger partial charge in [-0.3, -0.25) is 0 Å². The molecule has 1 rings (SSSR count). The summed E-state index contributed by atoms with van der Waals surface area (Å²) < 4.78 is 0. The summed E-state index contributed by atoms with van der Waals surface area (Å²) in [6.45, 7) is 20.0. The summed E-state index contributed by atoms with van der Waals surface area (Å²) in [6.07, 6.45) is 14.6. The van der Waals surface area contributed by atoms with Crippen molar-refractivity contribution in [2.75, 3.05) is 7.05 Å². The van der Waals surface area contributed by atoms with Crippen molar-refractivity contribution < 1.29 is 0 Å². The Labute approximate surface area is 149 Å². The normalized spacial score (nSPS) is 17.6. The van der Waals surface area contributed by atoms with Gasteiger partial charge in [0.05, 0.1) is 11.4 Å². The molecule has 0 aliphatic carbocycles. The molecule has 0 fully saturated rings. The third kappa shape index (κ3) is 7.60. The second-order valence-electron chi connectivity index (χ2n) is 4.25. The summed E-state index contributed by atoms with van der Waals surface area (Å²) in [6, 6.07) is 0. The molecular weight excluding hydrogens is 298 g/mol. The Morgan fingerprint density at radius 2 is 1.74 bits per heavy atom. The summed E-state index contributed by atoms with van der Waals surface area (Å²) in [4.78, 5) is 4.64. The van der Waals surface area contributed by atoms with Gasteiger partial charge in [-0.05, 0) is 25.5 Å². The Kier molecular flexibility index (Phi) is 16.1. The molecular formula is C21H35NS. The predicted molar refractivity (Wildman–Crippen MR) is 111 cm³/mol. The first-order valence-corrected chi connectivity index (χ1v) is 9.45. The zero-order chi connectivity index (χ0) is 18.3. The smallest absolute Gasteiger partial charge is 0.0546 e. The predicted octanol–water partition coefficient (Wildman–Crippen LogP) is 7.45. The van der Waals surface area contributed by atoms with Crippen molar-refractivity contribution in [1.82, 2.24) is 4.90 Å². The molecule has 0 saturated heterocycles. The summed E-state index contributed by atoms with van der Waals surface area (Å²) >= 11 is 1.76. The van der Waals surface area contributed by atoms with Gasteiger partial charge in [0.1, 0.15) is 0 Å². The van der Waals surface area contributed by atoms with Crippen molar-refractivity contribution in [1.29, 1.82) is 0 Å². The molecule has 2 heteroatoms. The van der Waals surface area contributed by atoms with Gasteiger partial charge in [-0.1, -0.05) is 90.3 Å². The molecule has 130 valence electrons. The molecule has 0 bridgehead atoms. The standard InChI is InChI=1S/C17H23NS.2C2H6/c1-6-10-11-13-15-17(9-4)19-16(8-3)14(12-7-2)18(15)5;2*1-2/h7-9,11-13H,2,4,6,10H2,1,3,5H3;2*1-2H3/b13-11-,14-12+,16-8+;;. The van der Waals surface area contributed by atoms with E-state index in [1.54, 1.807) is 11.8 Å². The maximum Gasteiger partial charge on any atom is 0.0546 e. The minimum absolute atomic E-state index is 1.10. The van der Waals surface area contributed by atoms with Crippen molar-refractivity contribution in [3.63, 3.8) is 0 Å². The maximum absolute atomic E-state index is 3.93. The fraction of sp³-hybridized carbons (Fsp3) is 0.429. The molecule has 0 saturated carbocycles. The van der Waals surface area contributed by atoms with E-state index in [1.165, 1.54) is 27.6 Å². The number of hydrogen-bond acceptors (Lipinski definition) is 2. The topological polar surface area (TPSA) is 3.24 Å². The van der Waals surface area contributed by atoms with Gasteiger partial charge < -0.3 is 4.90 Å². The molecule has 23 heavy (non-hydrogen) atoms. The molecule has 1 nitrogen and oxygen atoms in total. The highest BCUT2D eigenvalue weighted by molar-refractivity contribution is 8.07. The molecule has 1 aliphatic rings. The highest BCUT2D eigenvalue weighted by Gasteiger charge is 2.21. The number of likely N-dealkylation sites (N-methyl/N-ethyl adjacent to an activating group) is 1. The third-order valence-electron chi connectivity index (χ3n) is 2.90. The Morgan fingerprint density at radius 1 is 1.13 bits per heavy atom. The number of thioether (sulfide) groups is 1. The van der Waals surface area contributed by atoms with E-state index >= 15 is 0 Å². The van der Waals surface area contributed by atoms with E-state index in [2.05, 4.69) is 63.3 Å². The van der Waals surface area contributed by atoms with Crippen molar-refractivity contribution in [3.05, 3.63) is 70.8 Å². The van der Waals surface area contributed by atoms with Crippen molar-refractivity contribution in [2.45, 2.75) is 54.4 Å².